The van der Waals surface area contributed by atoms with Gasteiger partial charge in [-0.3, -0.25) is 9.78 Å². The zero-order chi connectivity index (χ0) is 11.5. The molecule has 86 valence electrons. The van der Waals surface area contributed by atoms with Crippen LogP contribution in [0.2, 0.25) is 0 Å². The average molecular weight is 221 g/mol. The quantitative estimate of drug-likeness (QED) is 0.718. The van der Waals surface area contributed by atoms with Crippen LogP contribution in [0.1, 0.15) is 12.8 Å². The second kappa shape index (κ2) is 4.34. The maximum absolute atomic E-state index is 11.1. The first-order valence-corrected chi connectivity index (χ1v) is 5.28. The van der Waals surface area contributed by atoms with Gasteiger partial charge in [0.1, 0.15) is 11.6 Å². The Morgan fingerprint density at radius 2 is 2.31 bits per heavy atom. The van der Waals surface area contributed by atoms with Crippen LogP contribution >= 0.6 is 0 Å². The number of nitrogen functional groups attached to an aromatic ring is 1. The van der Waals surface area contributed by atoms with E-state index >= 15 is 0 Å². The molecule has 1 amide bonds. The Balaban J connectivity index is 2.12. The fraction of sp³-hybridized carbons (Fsp3) is 0.500. The number of carbonyl (C=O) groups is 1. The van der Waals surface area contributed by atoms with Crippen LogP contribution in [0.25, 0.3) is 0 Å². The molecular weight excluding hydrogens is 206 g/mol. The lowest BCUT2D eigenvalue weighted by Crippen LogP contribution is -2.41. The molecule has 1 aliphatic rings. The molecule has 0 aromatic carbocycles. The first-order valence-electron chi connectivity index (χ1n) is 5.28. The van der Waals surface area contributed by atoms with E-state index in [2.05, 4.69) is 9.97 Å². The predicted molar refractivity (Wildman–Crippen MR) is 60.6 cm³/mol. The Morgan fingerprint density at radius 3 is 3.00 bits per heavy atom. The number of nitrogens with zero attached hydrogens (tertiary/aromatic N) is 3. The van der Waals surface area contributed by atoms with Crippen molar-refractivity contribution < 1.29 is 4.79 Å². The highest BCUT2D eigenvalue weighted by Crippen LogP contribution is 2.21. The number of aromatic nitrogens is 2. The lowest BCUT2D eigenvalue weighted by Gasteiger charge is -2.31. The van der Waals surface area contributed by atoms with Crippen molar-refractivity contribution in [1.82, 2.24) is 9.97 Å². The zero-order valence-electron chi connectivity index (χ0n) is 8.97. The number of nitrogens with two attached hydrogens (primary N) is 2. The van der Waals surface area contributed by atoms with Crippen LogP contribution in [0.3, 0.4) is 0 Å². The smallest absolute Gasteiger partial charge is 0.222 e. The van der Waals surface area contributed by atoms with Crippen LogP contribution in [0.15, 0.2) is 12.4 Å². The summed E-state index contributed by atoms with van der Waals surface area (Å²) in [5.41, 5.74) is 10.9. The third-order valence-electron chi connectivity index (χ3n) is 2.79. The Bertz CT molecular complexity index is 395. The molecule has 6 nitrogen and oxygen atoms in total. The zero-order valence-corrected chi connectivity index (χ0v) is 8.97. The molecule has 0 bridgehead atoms. The maximum atomic E-state index is 11.1. The monoisotopic (exact) mass is 221 g/mol. The van der Waals surface area contributed by atoms with Crippen molar-refractivity contribution in [2.75, 3.05) is 23.7 Å². The molecule has 1 aromatic rings. The highest BCUT2D eigenvalue weighted by molar-refractivity contribution is 5.77. The molecule has 0 radical (unpaired) electrons. The average Bonchev–Trinajstić information content (AvgIpc) is 2.29. The predicted octanol–water partition coefficient (Wildman–Crippen LogP) is -0.240. The van der Waals surface area contributed by atoms with Crippen molar-refractivity contribution in [1.29, 1.82) is 0 Å². The van der Waals surface area contributed by atoms with E-state index in [1.807, 2.05) is 4.90 Å². The van der Waals surface area contributed by atoms with Crippen molar-refractivity contribution in [2.24, 2.45) is 11.7 Å². The van der Waals surface area contributed by atoms with Crippen molar-refractivity contribution in [3.63, 3.8) is 0 Å². The van der Waals surface area contributed by atoms with E-state index in [4.69, 9.17) is 11.5 Å². The van der Waals surface area contributed by atoms with Gasteiger partial charge in [-0.05, 0) is 12.8 Å². The highest BCUT2D eigenvalue weighted by Gasteiger charge is 2.24. The summed E-state index contributed by atoms with van der Waals surface area (Å²) in [4.78, 5) is 21.3. The van der Waals surface area contributed by atoms with Gasteiger partial charge in [0.25, 0.3) is 0 Å². The van der Waals surface area contributed by atoms with E-state index in [1.54, 1.807) is 6.20 Å². The molecule has 1 aromatic heterocycles. The fourth-order valence-electron chi connectivity index (χ4n) is 1.94. The standard InChI is InChI=1S/C10H15N5O/c11-8-4-13-5-9(14-8)15-3-1-2-7(6-15)10(12)16/h4-5,7H,1-3,6H2,(H2,11,14)(H2,12,16). The van der Waals surface area contributed by atoms with Crippen LogP contribution in [0.4, 0.5) is 11.6 Å². The summed E-state index contributed by atoms with van der Waals surface area (Å²) in [7, 11) is 0. The summed E-state index contributed by atoms with van der Waals surface area (Å²) in [6.45, 7) is 1.47. The van der Waals surface area contributed by atoms with E-state index in [9.17, 15) is 4.79 Å². The Labute approximate surface area is 93.7 Å². The van der Waals surface area contributed by atoms with Crippen LogP contribution < -0.4 is 16.4 Å². The molecule has 2 heterocycles. The molecule has 1 fully saturated rings. The van der Waals surface area contributed by atoms with Crippen LogP contribution in [-0.2, 0) is 4.79 Å². The van der Waals surface area contributed by atoms with Gasteiger partial charge in [-0.15, -0.1) is 0 Å². The molecule has 1 unspecified atom stereocenters. The SMILES string of the molecule is NC(=O)C1CCCN(c2cncc(N)n2)C1. The van der Waals surface area contributed by atoms with Gasteiger partial charge in [0.2, 0.25) is 5.91 Å². The van der Waals surface area contributed by atoms with Crippen molar-refractivity contribution in [2.45, 2.75) is 12.8 Å². The molecule has 0 spiro atoms. The lowest BCUT2D eigenvalue weighted by atomic mass is 9.98. The largest absolute Gasteiger partial charge is 0.382 e. The fourth-order valence-corrected chi connectivity index (χ4v) is 1.94. The number of piperidine rings is 1. The summed E-state index contributed by atoms with van der Waals surface area (Å²) in [5.74, 6) is 0.753. The number of amides is 1. The van der Waals surface area contributed by atoms with Crippen LogP contribution in [-0.4, -0.2) is 29.0 Å². The first-order chi connectivity index (χ1) is 7.66. The number of anilines is 2. The van der Waals surface area contributed by atoms with Gasteiger partial charge < -0.3 is 16.4 Å². The molecule has 4 N–H and O–H groups in total. The molecule has 1 atom stereocenters. The van der Waals surface area contributed by atoms with Gasteiger partial charge in [-0.25, -0.2) is 4.98 Å². The molecule has 0 aliphatic carbocycles. The molecule has 6 heteroatoms. The van der Waals surface area contributed by atoms with E-state index < -0.39 is 0 Å². The van der Waals surface area contributed by atoms with Crippen molar-refractivity contribution in [3.8, 4) is 0 Å². The maximum Gasteiger partial charge on any atom is 0.222 e. The number of primary amides is 1. The lowest BCUT2D eigenvalue weighted by molar-refractivity contribution is -0.122. The van der Waals surface area contributed by atoms with Gasteiger partial charge >= 0.3 is 0 Å². The van der Waals surface area contributed by atoms with Gasteiger partial charge in [-0.1, -0.05) is 0 Å². The van der Waals surface area contributed by atoms with Gasteiger partial charge in [0.05, 0.1) is 18.3 Å². The molecular formula is C10H15N5O. The van der Waals surface area contributed by atoms with E-state index in [-0.39, 0.29) is 11.8 Å². The highest BCUT2D eigenvalue weighted by atomic mass is 16.1. The normalized spacial score (nSPS) is 20.8. The van der Waals surface area contributed by atoms with Gasteiger partial charge in [0.15, 0.2) is 0 Å². The van der Waals surface area contributed by atoms with E-state index in [0.29, 0.717) is 18.2 Å². The summed E-state index contributed by atoms with van der Waals surface area (Å²) in [6.07, 6.45) is 4.93. The second-order valence-corrected chi connectivity index (χ2v) is 3.99. The van der Waals surface area contributed by atoms with Gasteiger partial charge in [-0.2, -0.15) is 0 Å². The van der Waals surface area contributed by atoms with Crippen molar-refractivity contribution >= 4 is 17.5 Å². The number of hydrogen-bond donors (Lipinski definition) is 2. The first kappa shape index (κ1) is 10.7. The Morgan fingerprint density at radius 1 is 1.50 bits per heavy atom. The molecule has 0 saturated carbocycles. The van der Waals surface area contributed by atoms with E-state index in [0.717, 1.165) is 19.4 Å². The summed E-state index contributed by atoms with van der Waals surface area (Å²) in [5, 5.41) is 0. The van der Waals surface area contributed by atoms with Crippen LogP contribution in [0.5, 0.6) is 0 Å². The Hall–Kier alpha value is -1.85. The van der Waals surface area contributed by atoms with Crippen LogP contribution in [0, 0.1) is 5.92 Å². The molecule has 1 aliphatic heterocycles. The number of carbonyl (C=O) groups excluding carboxylic acids is 1. The number of rotatable bonds is 2. The van der Waals surface area contributed by atoms with E-state index in [1.165, 1.54) is 6.20 Å². The Kier molecular flexibility index (Phi) is 2.89. The molecule has 1 saturated heterocycles. The minimum atomic E-state index is -0.249. The summed E-state index contributed by atoms with van der Waals surface area (Å²) < 4.78 is 0. The minimum Gasteiger partial charge on any atom is -0.382 e. The third kappa shape index (κ3) is 2.21. The summed E-state index contributed by atoms with van der Waals surface area (Å²) >= 11 is 0. The minimum absolute atomic E-state index is 0.100. The third-order valence-corrected chi connectivity index (χ3v) is 2.79. The molecule has 2 rings (SSSR count). The second-order valence-electron chi connectivity index (χ2n) is 3.99. The van der Waals surface area contributed by atoms with Gasteiger partial charge in [0, 0.05) is 13.1 Å². The molecule has 16 heavy (non-hydrogen) atoms. The van der Waals surface area contributed by atoms with Crippen molar-refractivity contribution in [3.05, 3.63) is 12.4 Å². The summed E-state index contributed by atoms with van der Waals surface area (Å²) in [6, 6.07) is 0. The topological polar surface area (TPSA) is 98.1 Å². The number of hydrogen-bond acceptors (Lipinski definition) is 5.